The molecule has 18 heavy (non-hydrogen) atoms. The van der Waals surface area contributed by atoms with Crippen LogP contribution in [0.5, 0.6) is 0 Å². The highest BCUT2D eigenvalue weighted by Crippen LogP contribution is 2.28. The van der Waals surface area contributed by atoms with Gasteiger partial charge in [0.1, 0.15) is 0 Å². The minimum atomic E-state index is 0.663. The van der Waals surface area contributed by atoms with Gasteiger partial charge < -0.3 is 4.74 Å². The summed E-state index contributed by atoms with van der Waals surface area (Å²) in [5.41, 5.74) is 1.86. The summed E-state index contributed by atoms with van der Waals surface area (Å²) in [6.45, 7) is 3.88. The summed E-state index contributed by atoms with van der Waals surface area (Å²) in [5, 5.41) is 8.72. The van der Waals surface area contributed by atoms with Crippen molar-refractivity contribution < 1.29 is 4.74 Å². The Morgan fingerprint density at radius 1 is 1.28 bits per heavy atom. The zero-order chi connectivity index (χ0) is 12.8. The van der Waals surface area contributed by atoms with Crippen LogP contribution < -0.4 is 0 Å². The van der Waals surface area contributed by atoms with Crippen LogP contribution in [0.4, 0.5) is 0 Å². The Morgan fingerprint density at radius 2 is 2.06 bits per heavy atom. The van der Waals surface area contributed by atoms with Gasteiger partial charge in [-0.3, -0.25) is 0 Å². The van der Waals surface area contributed by atoms with E-state index in [2.05, 4.69) is 13.0 Å². The van der Waals surface area contributed by atoms with Crippen LogP contribution in [0.2, 0.25) is 0 Å². The van der Waals surface area contributed by atoms with Crippen molar-refractivity contribution >= 4 is 0 Å². The van der Waals surface area contributed by atoms with Gasteiger partial charge in [-0.25, -0.2) is 0 Å². The SMILES string of the molecule is CC1CCCC(COCc2ccc(C#N)cc2)C1. The number of rotatable bonds is 4. The van der Waals surface area contributed by atoms with Crippen LogP contribution in [0.1, 0.15) is 43.7 Å². The second-order valence-corrected chi connectivity index (χ2v) is 5.46. The topological polar surface area (TPSA) is 33.0 Å². The van der Waals surface area contributed by atoms with E-state index in [1.165, 1.54) is 25.7 Å². The first-order valence-corrected chi connectivity index (χ1v) is 6.84. The Morgan fingerprint density at radius 3 is 2.72 bits per heavy atom. The van der Waals surface area contributed by atoms with E-state index < -0.39 is 0 Å². The van der Waals surface area contributed by atoms with Gasteiger partial charge in [-0.05, 0) is 42.4 Å². The van der Waals surface area contributed by atoms with Gasteiger partial charge in [-0.1, -0.05) is 31.9 Å². The highest BCUT2D eigenvalue weighted by molar-refractivity contribution is 5.31. The lowest BCUT2D eigenvalue weighted by Crippen LogP contribution is -2.18. The lowest BCUT2D eigenvalue weighted by Gasteiger charge is -2.26. The lowest BCUT2D eigenvalue weighted by atomic mass is 9.83. The number of benzene rings is 1. The second-order valence-electron chi connectivity index (χ2n) is 5.46. The maximum atomic E-state index is 8.72. The van der Waals surface area contributed by atoms with E-state index in [9.17, 15) is 0 Å². The average molecular weight is 243 g/mol. The average Bonchev–Trinajstić information content (AvgIpc) is 2.40. The lowest BCUT2D eigenvalue weighted by molar-refractivity contribution is 0.0658. The largest absolute Gasteiger partial charge is 0.376 e. The van der Waals surface area contributed by atoms with E-state index in [-0.39, 0.29) is 0 Å². The maximum Gasteiger partial charge on any atom is 0.0991 e. The molecule has 1 aliphatic rings. The van der Waals surface area contributed by atoms with Gasteiger partial charge in [0, 0.05) is 6.61 Å². The number of nitriles is 1. The van der Waals surface area contributed by atoms with Crippen molar-refractivity contribution in [2.45, 2.75) is 39.2 Å². The monoisotopic (exact) mass is 243 g/mol. The molecule has 1 aromatic rings. The van der Waals surface area contributed by atoms with Crippen molar-refractivity contribution in [2.75, 3.05) is 6.61 Å². The number of hydrogen-bond acceptors (Lipinski definition) is 2. The van der Waals surface area contributed by atoms with Crippen LogP contribution in [0.25, 0.3) is 0 Å². The fourth-order valence-corrected chi connectivity index (χ4v) is 2.73. The molecule has 1 aliphatic carbocycles. The Labute approximate surface area is 110 Å². The Kier molecular flexibility index (Phi) is 4.78. The van der Waals surface area contributed by atoms with Crippen molar-refractivity contribution in [3.05, 3.63) is 35.4 Å². The molecule has 96 valence electrons. The number of nitrogens with zero attached hydrogens (tertiary/aromatic N) is 1. The minimum absolute atomic E-state index is 0.663. The highest BCUT2D eigenvalue weighted by Gasteiger charge is 2.18. The molecule has 0 aromatic heterocycles. The summed E-state index contributed by atoms with van der Waals surface area (Å²) in [5.74, 6) is 1.61. The van der Waals surface area contributed by atoms with Gasteiger partial charge in [0.05, 0.1) is 18.2 Å². The van der Waals surface area contributed by atoms with E-state index in [1.54, 1.807) is 0 Å². The smallest absolute Gasteiger partial charge is 0.0991 e. The van der Waals surface area contributed by atoms with Gasteiger partial charge in [0.2, 0.25) is 0 Å². The molecule has 0 N–H and O–H groups in total. The first-order valence-electron chi connectivity index (χ1n) is 6.84. The summed E-state index contributed by atoms with van der Waals surface area (Å²) in [6.07, 6.45) is 5.36. The molecule has 0 amide bonds. The van der Waals surface area contributed by atoms with E-state index in [0.717, 1.165) is 24.0 Å². The number of hydrogen-bond donors (Lipinski definition) is 0. The zero-order valence-electron chi connectivity index (χ0n) is 11.1. The van der Waals surface area contributed by atoms with Crippen molar-refractivity contribution in [2.24, 2.45) is 11.8 Å². The van der Waals surface area contributed by atoms with Gasteiger partial charge >= 0.3 is 0 Å². The van der Waals surface area contributed by atoms with Gasteiger partial charge in [-0.2, -0.15) is 5.26 Å². The molecular formula is C16H21NO. The normalized spacial score (nSPS) is 23.6. The van der Waals surface area contributed by atoms with Crippen molar-refractivity contribution in [1.82, 2.24) is 0 Å². The summed E-state index contributed by atoms with van der Waals surface area (Å²) >= 11 is 0. The second kappa shape index (κ2) is 6.56. The van der Waals surface area contributed by atoms with Gasteiger partial charge in [0.25, 0.3) is 0 Å². The molecular weight excluding hydrogens is 222 g/mol. The van der Waals surface area contributed by atoms with Crippen LogP contribution in [0.15, 0.2) is 24.3 Å². The van der Waals surface area contributed by atoms with Crippen molar-refractivity contribution in [3.8, 4) is 6.07 Å². The molecule has 2 heteroatoms. The molecule has 2 unspecified atom stereocenters. The highest BCUT2D eigenvalue weighted by atomic mass is 16.5. The molecule has 1 fully saturated rings. The fourth-order valence-electron chi connectivity index (χ4n) is 2.73. The van der Waals surface area contributed by atoms with E-state index in [4.69, 9.17) is 10.00 Å². The predicted molar refractivity (Wildman–Crippen MR) is 71.9 cm³/mol. The van der Waals surface area contributed by atoms with Crippen LogP contribution >= 0.6 is 0 Å². The number of ether oxygens (including phenoxy) is 1. The molecule has 0 saturated heterocycles. The minimum Gasteiger partial charge on any atom is -0.376 e. The van der Waals surface area contributed by atoms with Gasteiger partial charge in [0.15, 0.2) is 0 Å². The third-order valence-electron chi connectivity index (χ3n) is 3.75. The summed E-state index contributed by atoms with van der Waals surface area (Å²) in [6, 6.07) is 9.77. The molecule has 2 nitrogen and oxygen atoms in total. The molecule has 1 saturated carbocycles. The Hall–Kier alpha value is -1.33. The standard InChI is InChI=1S/C16H21NO/c1-13-3-2-4-16(9-13)12-18-11-15-7-5-14(10-17)6-8-15/h5-8,13,16H,2-4,9,11-12H2,1H3. The van der Waals surface area contributed by atoms with Crippen LogP contribution in [0.3, 0.4) is 0 Å². The van der Waals surface area contributed by atoms with Crippen LogP contribution in [0, 0.1) is 23.2 Å². The summed E-state index contributed by atoms with van der Waals surface area (Å²) in [7, 11) is 0. The Balaban J connectivity index is 1.72. The molecule has 0 aliphatic heterocycles. The summed E-state index contributed by atoms with van der Waals surface area (Å²) in [4.78, 5) is 0. The molecule has 1 aromatic carbocycles. The third-order valence-corrected chi connectivity index (χ3v) is 3.75. The van der Waals surface area contributed by atoms with Crippen LogP contribution in [-0.4, -0.2) is 6.61 Å². The molecule has 0 heterocycles. The first-order chi connectivity index (χ1) is 8.78. The Bertz CT molecular complexity index is 404. The van der Waals surface area contributed by atoms with Crippen molar-refractivity contribution in [1.29, 1.82) is 5.26 Å². The predicted octanol–water partition coefficient (Wildman–Crippen LogP) is 3.90. The molecule has 0 bridgehead atoms. The third kappa shape index (κ3) is 3.85. The van der Waals surface area contributed by atoms with Gasteiger partial charge in [-0.15, -0.1) is 0 Å². The molecule has 2 rings (SSSR count). The van der Waals surface area contributed by atoms with E-state index in [0.29, 0.717) is 12.2 Å². The molecule has 0 radical (unpaired) electrons. The first kappa shape index (κ1) is 13.1. The van der Waals surface area contributed by atoms with E-state index in [1.807, 2.05) is 24.3 Å². The maximum absolute atomic E-state index is 8.72. The van der Waals surface area contributed by atoms with Crippen molar-refractivity contribution in [3.63, 3.8) is 0 Å². The summed E-state index contributed by atoms with van der Waals surface area (Å²) < 4.78 is 5.80. The van der Waals surface area contributed by atoms with Crippen LogP contribution in [-0.2, 0) is 11.3 Å². The fraction of sp³-hybridized carbons (Fsp3) is 0.562. The molecule has 2 atom stereocenters. The van der Waals surface area contributed by atoms with E-state index >= 15 is 0 Å². The zero-order valence-corrected chi connectivity index (χ0v) is 11.1. The quantitative estimate of drug-likeness (QED) is 0.803. The molecule has 0 spiro atoms.